The van der Waals surface area contributed by atoms with Gasteiger partial charge in [0, 0.05) is 27.9 Å². The molecule has 0 unspecified atom stereocenters. The molecule has 0 spiro atoms. The molecule has 2 amide bonds. The van der Waals surface area contributed by atoms with Gasteiger partial charge in [0.2, 0.25) is 0 Å². The molecule has 0 aliphatic carbocycles. The van der Waals surface area contributed by atoms with Gasteiger partial charge in [0.05, 0.1) is 34.1 Å². The van der Waals surface area contributed by atoms with Gasteiger partial charge in [-0.25, -0.2) is 9.59 Å². The molecule has 0 fully saturated rings. The largest absolute Gasteiger partial charge is 0.386 e. The Morgan fingerprint density at radius 2 is 0.712 bits per heavy atom. The van der Waals surface area contributed by atoms with Crippen molar-refractivity contribution in [1.82, 2.24) is 4.90 Å². The molecule has 9 rings (SSSR count). The third-order valence-corrected chi connectivity index (χ3v) is 17.4. The molecule has 0 N–H and O–H groups in total. The fraction of sp³-hybridized carbons (Fsp3) is 0.390. The highest BCUT2D eigenvalue weighted by Crippen LogP contribution is 2.46. The predicted octanol–water partition coefficient (Wildman–Crippen LogP) is 13.5. The summed E-state index contributed by atoms with van der Waals surface area (Å²) in [5.41, 5.74) is 3.61. The average Bonchev–Trinajstić information content (AvgIpc) is 3.38. The van der Waals surface area contributed by atoms with E-state index in [1.807, 2.05) is 50.2 Å². The molecule has 0 aromatic heterocycles. The maximum Gasteiger partial charge on any atom is 0.346 e. The molecule has 0 atom stereocenters. The lowest BCUT2D eigenvalue weighted by Crippen LogP contribution is -2.47. The van der Waals surface area contributed by atoms with Crippen molar-refractivity contribution in [3.05, 3.63) is 130 Å². The first-order valence-corrected chi connectivity index (χ1v) is 28.8. The van der Waals surface area contributed by atoms with E-state index in [4.69, 9.17) is 13.1 Å². The van der Waals surface area contributed by atoms with E-state index in [1.54, 1.807) is 60.7 Å². The van der Waals surface area contributed by atoms with Crippen molar-refractivity contribution in [2.45, 2.75) is 145 Å². The molecule has 7 aromatic carbocycles. The van der Waals surface area contributed by atoms with Crippen LogP contribution >= 0.6 is 0 Å². The molecule has 382 valence electrons. The number of hydrogen-bond donors (Lipinski definition) is 0. The van der Waals surface area contributed by atoms with Gasteiger partial charge in [0.15, 0.2) is 0 Å². The van der Waals surface area contributed by atoms with E-state index in [2.05, 4.69) is 0 Å². The molecule has 2 heterocycles. The minimum Gasteiger partial charge on any atom is -0.386 e. The molecule has 0 saturated carbocycles. The lowest BCUT2D eigenvalue weighted by atomic mass is 9.82. The fourth-order valence-electron chi connectivity index (χ4n) is 10.8. The number of fused-ring (bicyclic) bond motifs is 2. The lowest BCUT2D eigenvalue weighted by Gasteiger charge is -2.35. The van der Waals surface area contributed by atoms with Gasteiger partial charge in [-0.05, 0) is 120 Å². The topological polar surface area (TPSA) is 167 Å². The summed E-state index contributed by atoms with van der Waals surface area (Å²) in [6, 6.07) is 27.6. The van der Waals surface area contributed by atoms with E-state index in [0.29, 0.717) is 58.7 Å². The highest BCUT2D eigenvalue weighted by molar-refractivity contribution is 7.87. The second-order valence-electron chi connectivity index (χ2n) is 19.9. The number of ether oxygens (including phenoxy) is 1. The van der Waals surface area contributed by atoms with E-state index in [1.165, 1.54) is 4.90 Å². The number of imide groups is 1. The summed E-state index contributed by atoms with van der Waals surface area (Å²) in [6.45, 7) is 4.12. The second kappa shape index (κ2) is 22.6. The maximum absolute atomic E-state index is 14.8. The lowest BCUT2D eigenvalue weighted by molar-refractivity contribution is 0.0389. The number of aryl methyl sites for hydroxylation is 2. The first-order chi connectivity index (χ1) is 35.2. The van der Waals surface area contributed by atoms with E-state index in [-0.39, 0.29) is 40.9 Å². The maximum atomic E-state index is 14.8. The molecule has 73 heavy (non-hydrogen) atoms. The third-order valence-electron chi connectivity index (χ3n) is 14.8. The number of hydrogen-bond acceptors (Lipinski definition) is 11. The number of nitrogens with zero attached hydrogens (tertiary/aromatic N) is 1. The third kappa shape index (κ3) is 11.1. The zero-order valence-electron chi connectivity index (χ0n) is 41.7. The molecular weight excluding hydrogens is 963 g/mol. The van der Waals surface area contributed by atoms with Gasteiger partial charge >= 0.3 is 11.9 Å². The number of amides is 2. The van der Waals surface area contributed by atoms with Gasteiger partial charge < -0.3 is 4.74 Å². The molecule has 0 saturated heterocycles. The van der Waals surface area contributed by atoms with Gasteiger partial charge in [-0.3, -0.25) is 22.9 Å². The quantitative estimate of drug-likeness (QED) is 0.00914. The Kier molecular flexibility index (Phi) is 16.0. The van der Waals surface area contributed by atoms with Gasteiger partial charge in [0.25, 0.3) is 32.1 Å². The Hall–Kier alpha value is -6.06. The Balaban J connectivity index is 0.812. The summed E-state index contributed by atoms with van der Waals surface area (Å²) >= 11 is 0. The van der Waals surface area contributed by atoms with Crippen LogP contribution in [0.15, 0.2) is 107 Å². The number of esters is 2. The van der Waals surface area contributed by atoms with Crippen LogP contribution in [0.4, 0.5) is 0 Å². The number of carbonyl (C=O) groups is 4. The molecule has 0 bridgehead atoms. The minimum atomic E-state index is -3.76. The van der Waals surface area contributed by atoms with E-state index in [9.17, 15) is 36.0 Å². The molecule has 12 nitrogen and oxygen atoms in total. The number of carbonyl (C=O) groups excluding carboxylic acids is 4. The Morgan fingerprint density at radius 1 is 0.397 bits per heavy atom. The molecule has 0 radical (unpaired) electrons. The van der Waals surface area contributed by atoms with E-state index >= 15 is 0 Å². The van der Waals surface area contributed by atoms with E-state index in [0.717, 1.165) is 133 Å². The zero-order valence-corrected chi connectivity index (χ0v) is 43.3. The summed E-state index contributed by atoms with van der Waals surface area (Å²) in [4.78, 5) is 57.2. The SMILES string of the molecule is Cc1ccc(S(=O)(=O)OCCCCCCCCCCC(CCCCCCCCCCOS(=O)(=O)c2ccc(C)cc2)N2C(=O)c3ccc4c5ccc6c7c(ccc(c8ccc(c3c48)C2=O)c75)C(=O)OC6=O)cc1. The average molecular weight is 1030 g/mol. The van der Waals surface area contributed by atoms with Crippen LogP contribution in [0.1, 0.15) is 168 Å². The fourth-order valence-corrected chi connectivity index (χ4v) is 12.7. The monoisotopic (exact) mass is 1030 g/mol. The molecule has 7 aromatic rings. The van der Waals surface area contributed by atoms with Crippen LogP contribution in [0.25, 0.3) is 43.1 Å². The van der Waals surface area contributed by atoms with Crippen LogP contribution in [0.3, 0.4) is 0 Å². The van der Waals surface area contributed by atoms with Crippen molar-refractivity contribution in [1.29, 1.82) is 0 Å². The number of cyclic esters (lactones) is 2. The summed E-state index contributed by atoms with van der Waals surface area (Å²) in [5.74, 6) is -1.95. The van der Waals surface area contributed by atoms with Gasteiger partial charge in [-0.1, -0.05) is 150 Å². The van der Waals surface area contributed by atoms with E-state index < -0.39 is 32.2 Å². The Labute approximate surface area is 428 Å². The first kappa shape index (κ1) is 51.8. The van der Waals surface area contributed by atoms with Crippen LogP contribution < -0.4 is 0 Å². The highest BCUT2D eigenvalue weighted by Gasteiger charge is 2.38. The van der Waals surface area contributed by atoms with Gasteiger partial charge in [-0.15, -0.1) is 0 Å². The van der Waals surface area contributed by atoms with Crippen molar-refractivity contribution < 1.29 is 49.1 Å². The van der Waals surface area contributed by atoms with Crippen LogP contribution in [-0.4, -0.2) is 64.7 Å². The summed E-state index contributed by atoms with van der Waals surface area (Å²) in [5, 5.41) is 6.10. The predicted molar refractivity (Wildman–Crippen MR) is 283 cm³/mol. The van der Waals surface area contributed by atoms with Crippen molar-refractivity contribution >= 4 is 87.1 Å². The first-order valence-electron chi connectivity index (χ1n) is 26.0. The molecular formula is C59H63NO11S2. The highest BCUT2D eigenvalue weighted by atomic mass is 32.2. The number of unbranched alkanes of at least 4 members (excludes halogenated alkanes) is 14. The number of benzene rings is 7. The molecule has 2 aliphatic rings. The van der Waals surface area contributed by atoms with Crippen LogP contribution in [0.5, 0.6) is 0 Å². The standard InChI is InChI=1S/C59H63NO11S2/c1-39-21-25-42(26-22-39)72(65,66)69-37-17-13-9-5-3-7-11-15-19-41(20-16-12-8-4-6-10-14-18-38-70-73(67,68)43-27-23-40(2)24-28-43)60-56(61)48-33-29-44-46-31-35-50-55-51(59(64)71-58(50)63)36-32-47(53(46)55)45-30-34-49(57(60)62)54(48)52(44)45/h21-36,41H,3-20,37-38H2,1-2H3. The summed E-state index contributed by atoms with van der Waals surface area (Å²) in [7, 11) is -7.53. The number of rotatable bonds is 27. The molecule has 14 heteroatoms. The second-order valence-corrected chi connectivity index (χ2v) is 23.1. The Bertz CT molecular complexity index is 3210. The van der Waals surface area contributed by atoms with Crippen LogP contribution in [0, 0.1) is 13.8 Å². The zero-order chi connectivity index (χ0) is 51.3. The summed E-state index contributed by atoms with van der Waals surface area (Å²) in [6.07, 6.45) is 16.2. The normalized spacial score (nSPS) is 14.0. The molecule has 2 aliphatic heterocycles. The van der Waals surface area contributed by atoms with Crippen LogP contribution in [0.2, 0.25) is 0 Å². The minimum absolute atomic E-state index is 0.156. The van der Waals surface area contributed by atoms with Crippen molar-refractivity contribution in [3.8, 4) is 0 Å². The van der Waals surface area contributed by atoms with Crippen molar-refractivity contribution in [2.24, 2.45) is 0 Å². The Morgan fingerprint density at radius 3 is 1.08 bits per heavy atom. The summed E-state index contributed by atoms with van der Waals surface area (Å²) < 4.78 is 65.6. The van der Waals surface area contributed by atoms with Crippen LogP contribution in [-0.2, 0) is 33.3 Å². The van der Waals surface area contributed by atoms with Crippen molar-refractivity contribution in [2.75, 3.05) is 13.2 Å². The van der Waals surface area contributed by atoms with Gasteiger partial charge in [-0.2, -0.15) is 16.8 Å². The van der Waals surface area contributed by atoms with Gasteiger partial charge in [0.1, 0.15) is 0 Å². The van der Waals surface area contributed by atoms with Crippen molar-refractivity contribution in [3.63, 3.8) is 0 Å². The smallest absolute Gasteiger partial charge is 0.346 e.